The van der Waals surface area contributed by atoms with Crippen molar-refractivity contribution in [3.63, 3.8) is 0 Å². The van der Waals surface area contributed by atoms with Crippen LogP contribution >= 0.6 is 0 Å². The molecule has 0 saturated carbocycles. The van der Waals surface area contributed by atoms with Gasteiger partial charge >= 0.3 is 0 Å². The van der Waals surface area contributed by atoms with Gasteiger partial charge in [-0.1, -0.05) is 18.2 Å². The van der Waals surface area contributed by atoms with Gasteiger partial charge in [0.1, 0.15) is 12.0 Å². The van der Waals surface area contributed by atoms with Crippen LogP contribution in [0.1, 0.15) is 21.9 Å². The van der Waals surface area contributed by atoms with Gasteiger partial charge in [-0.05, 0) is 31.3 Å². The van der Waals surface area contributed by atoms with Crippen LogP contribution in [-0.4, -0.2) is 32.6 Å². The van der Waals surface area contributed by atoms with Gasteiger partial charge in [-0.15, -0.1) is 10.2 Å². The molecule has 0 atom stereocenters. The molecule has 0 fully saturated rings. The normalized spacial score (nSPS) is 10.6. The van der Waals surface area contributed by atoms with Crippen molar-refractivity contribution in [2.75, 3.05) is 7.05 Å². The molecule has 0 saturated heterocycles. The largest absolute Gasteiger partial charge is 0.313 e. The molecule has 0 unspecified atom stereocenters. The molecule has 6 nitrogen and oxygen atoms in total. The van der Waals surface area contributed by atoms with E-state index in [1.807, 2.05) is 29.8 Å². The lowest BCUT2D eigenvalue weighted by atomic mass is 10.1. The molecule has 0 spiro atoms. The molecule has 1 aromatic carbocycles. The maximum atomic E-state index is 12.7. The topological polar surface area (TPSA) is 72.7 Å². The van der Waals surface area contributed by atoms with E-state index in [0.29, 0.717) is 17.8 Å². The van der Waals surface area contributed by atoms with Crippen LogP contribution in [0, 0.1) is 0 Å². The van der Waals surface area contributed by atoms with Crippen LogP contribution in [0.25, 0.3) is 5.69 Å². The second kappa shape index (κ2) is 6.28. The number of benzene rings is 1. The summed E-state index contributed by atoms with van der Waals surface area (Å²) in [7, 11) is 1.84. The van der Waals surface area contributed by atoms with Crippen molar-refractivity contribution in [3.05, 3.63) is 72.1 Å². The number of nitrogens with one attached hydrogen (secondary N) is 1. The summed E-state index contributed by atoms with van der Waals surface area (Å²) < 4.78 is 1.81. The lowest BCUT2D eigenvalue weighted by Crippen LogP contribution is -2.14. The predicted molar refractivity (Wildman–Crippen MR) is 81.8 cm³/mol. The summed E-state index contributed by atoms with van der Waals surface area (Å²) >= 11 is 0. The Labute approximate surface area is 127 Å². The van der Waals surface area contributed by atoms with E-state index in [2.05, 4.69) is 20.5 Å². The Bertz CT molecular complexity index is 782. The monoisotopic (exact) mass is 293 g/mol. The highest BCUT2D eigenvalue weighted by molar-refractivity contribution is 6.10. The molecule has 0 aliphatic carbocycles. The number of pyridine rings is 1. The average Bonchev–Trinajstić information content (AvgIpc) is 3.03. The third kappa shape index (κ3) is 2.64. The predicted octanol–water partition coefficient (Wildman–Crippen LogP) is 1.61. The SMILES string of the molecule is CNCc1nncn1-c1ccccc1C(=O)c1ccccn1. The first-order chi connectivity index (χ1) is 10.8. The van der Waals surface area contributed by atoms with Crippen LogP contribution < -0.4 is 5.32 Å². The Hall–Kier alpha value is -2.86. The highest BCUT2D eigenvalue weighted by atomic mass is 16.1. The number of rotatable bonds is 5. The Morgan fingerprint density at radius 3 is 2.77 bits per heavy atom. The fraction of sp³-hybridized carbons (Fsp3) is 0.125. The number of nitrogens with zero attached hydrogens (tertiary/aromatic N) is 4. The number of hydrogen-bond donors (Lipinski definition) is 1. The molecule has 3 rings (SSSR count). The van der Waals surface area contributed by atoms with Crippen LogP contribution in [0.5, 0.6) is 0 Å². The smallest absolute Gasteiger partial charge is 0.213 e. The summed E-state index contributed by atoms with van der Waals surface area (Å²) in [6.07, 6.45) is 3.22. The number of ketones is 1. The molecule has 110 valence electrons. The van der Waals surface area contributed by atoms with E-state index < -0.39 is 0 Å². The van der Waals surface area contributed by atoms with Crippen molar-refractivity contribution in [2.24, 2.45) is 0 Å². The zero-order valence-electron chi connectivity index (χ0n) is 12.1. The number of para-hydroxylation sites is 1. The zero-order chi connectivity index (χ0) is 15.4. The first-order valence-electron chi connectivity index (χ1n) is 6.90. The fourth-order valence-corrected chi connectivity index (χ4v) is 2.25. The Morgan fingerprint density at radius 1 is 1.18 bits per heavy atom. The molecule has 0 amide bonds. The van der Waals surface area contributed by atoms with Crippen molar-refractivity contribution in [1.82, 2.24) is 25.1 Å². The molecule has 6 heteroatoms. The summed E-state index contributed by atoms with van der Waals surface area (Å²) in [4.78, 5) is 16.8. The molecule has 1 N–H and O–H groups in total. The highest BCUT2D eigenvalue weighted by Crippen LogP contribution is 2.18. The third-order valence-electron chi connectivity index (χ3n) is 3.26. The van der Waals surface area contributed by atoms with Gasteiger partial charge in [-0.3, -0.25) is 14.3 Å². The maximum Gasteiger partial charge on any atom is 0.213 e. The Balaban J connectivity index is 2.07. The molecule has 2 aromatic heterocycles. The Kier molecular flexibility index (Phi) is 4.02. The molecule has 22 heavy (non-hydrogen) atoms. The number of aromatic nitrogens is 4. The van der Waals surface area contributed by atoms with E-state index in [-0.39, 0.29) is 5.78 Å². The first-order valence-corrected chi connectivity index (χ1v) is 6.90. The lowest BCUT2D eigenvalue weighted by Gasteiger charge is -2.11. The van der Waals surface area contributed by atoms with Gasteiger partial charge in [-0.25, -0.2) is 0 Å². The minimum atomic E-state index is -0.125. The van der Waals surface area contributed by atoms with E-state index >= 15 is 0 Å². The molecular formula is C16H15N5O. The number of hydrogen-bond acceptors (Lipinski definition) is 5. The zero-order valence-corrected chi connectivity index (χ0v) is 12.1. The van der Waals surface area contributed by atoms with Gasteiger partial charge < -0.3 is 5.32 Å². The second-order valence-electron chi connectivity index (χ2n) is 4.71. The molecule has 2 heterocycles. The van der Waals surface area contributed by atoms with E-state index in [4.69, 9.17) is 0 Å². The van der Waals surface area contributed by atoms with E-state index in [1.165, 1.54) is 0 Å². The van der Waals surface area contributed by atoms with Gasteiger partial charge in [0, 0.05) is 11.8 Å². The molecule has 3 aromatic rings. The minimum Gasteiger partial charge on any atom is -0.313 e. The van der Waals surface area contributed by atoms with Gasteiger partial charge in [0.25, 0.3) is 0 Å². The van der Waals surface area contributed by atoms with Crippen LogP contribution in [0.3, 0.4) is 0 Å². The summed E-state index contributed by atoms with van der Waals surface area (Å²) in [6, 6.07) is 12.7. The van der Waals surface area contributed by atoms with Crippen LogP contribution in [0.2, 0.25) is 0 Å². The van der Waals surface area contributed by atoms with Gasteiger partial charge in [0.05, 0.1) is 12.2 Å². The van der Waals surface area contributed by atoms with Crippen molar-refractivity contribution in [3.8, 4) is 5.69 Å². The molecule has 0 radical (unpaired) electrons. The van der Waals surface area contributed by atoms with Crippen molar-refractivity contribution >= 4 is 5.78 Å². The number of carbonyl (C=O) groups excluding carboxylic acids is 1. The molecular weight excluding hydrogens is 278 g/mol. The van der Waals surface area contributed by atoms with Crippen LogP contribution in [0.4, 0.5) is 0 Å². The van der Waals surface area contributed by atoms with E-state index in [9.17, 15) is 4.79 Å². The lowest BCUT2D eigenvalue weighted by molar-refractivity contribution is 0.103. The average molecular weight is 293 g/mol. The van der Waals surface area contributed by atoms with E-state index in [1.54, 1.807) is 36.8 Å². The summed E-state index contributed by atoms with van der Waals surface area (Å²) in [5.74, 6) is 0.615. The van der Waals surface area contributed by atoms with Crippen molar-refractivity contribution < 1.29 is 4.79 Å². The third-order valence-corrected chi connectivity index (χ3v) is 3.26. The molecule has 0 aliphatic heterocycles. The number of carbonyl (C=O) groups is 1. The minimum absolute atomic E-state index is 0.125. The summed E-state index contributed by atoms with van der Waals surface area (Å²) in [5.41, 5.74) is 1.73. The van der Waals surface area contributed by atoms with Gasteiger partial charge in [-0.2, -0.15) is 0 Å². The van der Waals surface area contributed by atoms with Gasteiger partial charge in [0.2, 0.25) is 5.78 Å². The Morgan fingerprint density at radius 2 is 2.00 bits per heavy atom. The van der Waals surface area contributed by atoms with Crippen LogP contribution in [-0.2, 0) is 6.54 Å². The van der Waals surface area contributed by atoms with Gasteiger partial charge in [0.15, 0.2) is 5.82 Å². The molecule has 0 aliphatic rings. The van der Waals surface area contributed by atoms with Crippen LogP contribution in [0.15, 0.2) is 55.0 Å². The van der Waals surface area contributed by atoms with E-state index in [0.717, 1.165) is 11.5 Å². The fourth-order valence-electron chi connectivity index (χ4n) is 2.25. The van der Waals surface area contributed by atoms with Crippen molar-refractivity contribution in [1.29, 1.82) is 0 Å². The first kappa shape index (κ1) is 14.1. The molecule has 0 bridgehead atoms. The second-order valence-corrected chi connectivity index (χ2v) is 4.71. The summed E-state index contributed by atoms with van der Waals surface area (Å²) in [6.45, 7) is 0.562. The summed E-state index contributed by atoms with van der Waals surface area (Å²) in [5, 5.41) is 11.1. The highest BCUT2D eigenvalue weighted by Gasteiger charge is 2.17. The standard InChI is InChI=1S/C16H15N5O/c1-17-10-15-20-19-11-21(15)14-8-3-2-6-12(14)16(22)13-7-4-5-9-18-13/h2-9,11,17H,10H2,1H3. The van der Waals surface area contributed by atoms with Crippen molar-refractivity contribution in [2.45, 2.75) is 6.54 Å². The maximum absolute atomic E-state index is 12.7. The quantitative estimate of drug-likeness (QED) is 0.724.